The average Bonchev–Trinajstić information content (AvgIpc) is 2.72. The maximum atomic E-state index is 12.2. The van der Waals surface area contributed by atoms with Gasteiger partial charge in [0.15, 0.2) is 0 Å². The minimum absolute atomic E-state index is 0.00729. The number of nitrogens with zero attached hydrogens (tertiary/aromatic N) is 1. The quantitative estimate of drug-likeness (QED) is 0.797. The van der Waals surface area contributed by atoms with E-state index in [1.807, 2.05) is 34.6 Å². The van der Waals surface area contributed by atoms with Crippen LogP contribution >= 0.6 is 0 Å². The zero-order valence-corrected chi connectivity index (χ0v) is 12.8. The number of amides is 2. The second-order valence-corrected chi connectivity index (χ2v) is 7.86. The number of carbonyl (C=O) groups excluding carboxylic acids is 2. The standard InChI is InChI=1S/C15H23NO4/c1-14(2,3)6-8(13(19)20)7-16-11(17)9-10(12(16)18)15(9,4)5/h8-10H,6-7H2,1-5H3,(H,19,20). The zero-order valence-electron chi connectivity index (χ0n) is 12.8. The third-order valence-electron chi connectivity index (χ3n) is 4.50. The lowest BCUT2D eigenvalue weighted by Crippen LogP contribution is -2.42. The number of imide groups is 1. The van der Waals surface area contributed by atoms with Crippen LogP contribution in [0.1, 0.15) is 41.0 Å². The fraction of sp³-hybridized carbons (Fsp3) is 0.800. The molecule has 20 heavy (non-hydrogen) atoms. The van der Waals surface area contributed by atoms with Crippen LogP contribution < -0.4 is 0 Å². The SMILES string of the molecule is CC(C)(C)CC(CN1C(=O)C2C(C1=O)C2(C)C)C(=O)O. The monoisotopic (exact) mass is 281 g/mol. The zero-order chi connectivity index (χ0) is 15.5. The van der Waals surface area contributed by atoms with E-state index < -0.39 is 11.9 Å². The number of hydrogen-bond donors (Lipinski definition) is 1. The molecule has 0 spiro atoms. The van der Waals surface area contributed by atoms with Crippen LogP contribution in [0.3, 0.4) is 0 Å². The van der Waals surface area contributed by atoms with E-state index >= 15 is 0 Å². The Labute approximate surface area is 119 Å². The van der Waals surface area contributed by atoms with Crippen LogP contribution in [-0.2, 0) is 14.4 Å². The van der Waals surface area contributed by atoms with Gasteiger partial charge in [-0.15, -0.1) is 0 Å². The highest BCUT2D eigenvalue weighted by Gasteiger charge is 2.72. The first-order chi connectivity index (χ1) is 8.97. The predicted molar refractivity (Wildman–Crippen MR) is 72.7 cm³/mol. The number of aliphatic carboxylic acids is 1. The summed E-state index contributed by atoms with van der Waals surface area (Å²) in [7, 11) is 0. The molecule has 112 valence electrons. The minimum Gasteiger partial charge on any atom is -0.481 e. The van der Waals surface area contributed by atoms with Crippen molar-refractivity contribution in [2.75, 3.05) is 6.54 Å². The molecule has 2 amide bonds. The highest BCUT2D eigenvalue weighted by atomic mass is 16.4. The van der Waals surface area contributed by atoms with Gasteiger partial charge < -0.3 is 5.11 Å². The van der Waals surface area contributed by atoms with E-state index in [2.05, 4.69) is 0 Å². The summed E-state index contributed by atoms with van der Waals surface area (Å²) >= 11 is 0. The maximum absolute atomic E-state index is 12.2. The number of likely N-dealkylation sites (tertiary alicyclic amines) is 1. The van der Waals surface area contributed by atoms with E-state index in [1.54, 1.807) is 0 Å². The predicted octanol–water partition coefficient (Wildman–Crippen LogP) is 1.76. The molecule has 1 aliphatic carbocycles. The van der Waals surface area contributed by atoms with Gasteiger partial charge in [0, 0.05) is 6.54 Å². The summed E-state index contributed by atoms with van der Waals surface area (Å²) in [5.41, 5.74) is -0.398. The van der Waals surface area contributed by atoms with Crippen LogP contribution in [0.5, 0.6) is 0 Å². The van der Waals surface area contributed by atoms with Crippen LogP contribution in [-0.4, -0.2) is 34.3 Å². The number of carboxylic acid groups (broad SMARTS) is 1. The minimum atomic E-state index is -0.944. The van der Waals surface area contributed by atoms with E-state index in [1.165, 1.54) is 4.90 Å². The molecule has 3 unspecified atom stereocenters. The second kappa shape index (κ2) is 4.30. The van der Waals surface area contributed by atoms with Crippen LogP contribution in [0.15, 0.2) is 0 Å². The van der Waals surface area contributed by atoms with Crippen molar-refractivity contribution < 1.29 is 19.5 Å². The molecule has 0 aromatic rings. The first-order valence-electron chi connectivity index (χ1n) is 7.05. The van der Waals surface area contributed by atoms with Gasteiger partial charge >= 0.3 is 5.97 Å². The summed E-state index contributed by atoms with van der Waals surface area (Å²) in [6.07, 6.45) is 0.443. The first kappa shape index (κ1) is 15.0. The van der Waals surface area contributed by atoms with Crippen molar-refractivity contribution in [1.29, 1.82) is 0 Å². The molecule has 0 radical (unpaired) electrons. The summed E-state index contributed by atoms with van der Waals surface area (Å²) in [6.45, 7) is 9.71. The van der Waals surface area contributed by atoms with E-state index in [0.29, 0.717) is 6.42 Å². The van der Waals surface area contributed by atoms with Gasteiger partial charge in [0.05, 0.1) is 17.8 Å². The fourth-order valence-electron chi connectivity index (χ4n) is 3.37. The Morgan fingerprint density at radius 2 is 1.70 bits per heavy atom. The van der Waals surface area contributed by atoms with Crippen molar-refractivity contribution in [2.24, 2.45) is 28.6 Å². The largest absolute Gasteiger partial charge is 0.481 e. The normalized spacial score (nSPS) is 29.4. The van der Waals surface area contributed by atoms with Gasteiger partial charge in [0.25, 0.3) is 0 Å². The van der Waals surface area contributed by atoms with Crippen LogP contribution in [0.25, 0.3) is 0 Å². The molecule has 2 fully saturated rings. The van der Waals surface area contributed by atoms with Gasteiger partial charge in [-0.05, 0) is 17.3 Å². The Balaban J connectivity index is 2.08. The number of hydrogen-bond acceptors (Lipinski definition) is 3. The van der Waals surface area contributed by atoms with Gasteiger partial charge in [0.1, 0.15) is 0 Å². The molecule has 0 aromatic heterocycles. The summed E-state index contributed by atoms with van der Waals surface area (Å²) in [5.74, 6) is -2.49. The molecule has 3 atom stereocenters. The van der Waals surface area contributed by atoms with Crippen molar-refractivity contribution in [3.05, 3.63) is 0 Å². The van der Waals surface area contributed by atoms with Gasteiger partial charge in [-0.3, -0.25) is 19.3 Å². The molecule has 2 aliphatic rings. The summed E-state index contributed by atoms with van der Waals surface area (Å²) in [4.78, 5) is 36.9. The molecule has 1 heterocycles. The van der Waals surface area contributed by atoms with E-state index in [-0.39, 0.29) is 41.0 Å². The van der Waals surface area contributed by atoms with Crippen LogP contribution in [0.2, 0.25) is 0 Å². The molecule has 0 bridgehead atoms. The van der Waals surface area contributed by atoms with Crippen molar-refractivity contribution in [1.82, 2.24) is 4.90 Å². The molecule has 0 aromatic carbocycles. The van der Waals surface area contributed by atoms with E-state index in [0.717, 1.165) is 0 Å². The third kappa shape index (κ3) is 2.34. The van der Waals surface area contributed by atoms with Crippen molar-refractivity contribution in [3.8, 4) is 0 Å². The van der Waals surface area contributed by atoms with Gasteiger partial charge in [-0.1, -0.05) is 34.6 Å². The maximum Gasteiger partial charge on any atom is 0.308 e. The van der Waals surface area contributed by atoms with Gasteiger partial charge in [-0.25, -0.2) is 0 Å². The highest BCUT2D eigenvalue weighted by Crippen LogP contribution is 2.63. The molecule has 1 saturated carbocycles. The van der Waals surface area contributed by atoms with Crippen LogP contribution in [0, 0.1) is 28.6 Å². The smallest absolute Gasteiger partial charge is 0.308 e. The Hall–Kier alpha value is -1.39. The van der Waals surface area contributed by atoms with E-state index in [9.17, 15) is 19.5 Å². The summed E-state index contributed by atoms with van der Waals surface area (Å²) in [6, 6.07) is 0. The molecular formula is C15H23NO4. The molecule has 1 N–H and O–H groups in total. The molecule has 5 nitrogen and oxygen atoms in total. The van der Waals surface area contributed by atoms with Crippen LogP contribution in [0.4, 0.5) is 0 Å². The Morgan fingerprint density at radius 3 is 2.05 bits per heavy atom. The average molecular weight is 281 g/mol. The Morgan fingerprint density at radius 1 is 1.25 bits per heavy atom. The number of carbonyl (C=O) groups is 3. The molecule has 1 aliphatic heterocycles. The van der Waals surface area contributed by atoms with Crippen molar-refractivity contribution in [2.45, 2.75) is 41.0 Å². The highest BCUT2D eigenvalue weighted by molar-refractivity contribution is 6.10. The lowest BCUT2D eigenvalue weighted by molar-refractivity contribution is -0.148. The lowest BCUT2D eigenvalue weighted by atomic mass is 9.84. The fourth-order valence-corrected chi connectivity index (χ4v) is 3.37. The number of fused-ring (bicyclic) bond motifs is 1. The van der Waals surface area contributed by atoms with Gasteiger partial charge in [-0.2, -0.15) is 0 Å². The Bertz CT molecular complexity index is 451. The molecule has 1 saturated heterocycles. The van der Waals surface area contributed by atoms with E-state index in [4.69, 9.17) is 0 Å². The second-order valence-electron chi connectivity index (χ2n) is 7.86. The van der Waals surface area contributed by atoms with Crippen molar-refractivity contribution in [3.63, 3.8) is 0 Å². The number of carboxylic acids is 1. The molecular weight excluding hydrogens is 258 g/mol. The first-order valence-corrected chi connectivity index (χ1v) is 7.05. The molecule has 5 heteroatoms. The van der Waals surface area contributed by atoms with Crippen molar-refractivity contribution >= 4 is 17.8 Å². The number of rotatable bonds is 4. The Kier molecular flexibility index (Phi) is 3.23. The van der Waals surface area contributed by atoms with Gasteiger partial charge in [0.2, 0.25) is 11.8 Å². The topological polar surface area (TPSA) is 74.7 Å². The third-order valence-corrected chi connectivity index (χ3v) is 4.50. The lowest BCUT2D eigenvalue weighted by Gasteiger charge is -2.28. The summed E-state index contributed by atoms with van der Waals surface area (Å²) < 4.78 is 0. The summed E-state index contributed by atoms with van der Waals surface area (Å²) in [5, 5.41) is 9.30. The number of piperidine rings is 1. The molecule has 2 rings (SSSR count).